The summed E-state index contributed by atoms with van der Waals surface area (Å²) in [7, 11) is 0. The Labute approximate surface area is 174 Å². The molecule has 0 bridgehead atoms. The van der Waals surface area contributed by atoms with E-state index >= 15 is 0 Å². The molecule has 3 aromatic rings. The number of benzene rings is 2. The van der Waals surface area contributed by atoms with E-state index < -0.39 is 5.97 Å². The molecule has 1 N–H and O–H groups in total. The van der Waals surface area contributed by atoms with Crippen molar-refractivity contribution in [3.63, 3.8) is 0 Å². The summed E-state index contributed by atoms with van der Waals surface area (Å²) in [5.74, 6) is -0.478. The van der Waals surface area contributed by atoms with E-state index in [4.69, 9.17) is 4.74 Å². The second kappa shape index (κ2) is 9.77. The van der Waals surface area contributed by atoms with Crippen LogP contribution in [-0.4, -0.2) is 18.1 Å². The summed E-state index contributed by atoms with van der Waals surface area (Å²) in [6, 6.07) is 18.1. The molecule has 1 aromatic heterocycles. The molecule has 0 spiro atoms. The van der Waals surface area contributed by atoms with Crippen molar-refractivity contribution in [3.8, 4) is 5.75 Å². The lowest BCUT2D eigenvalue weighted by Crippen LogP contribution is -2.16. The van der Waals surface area contributed by atoms with Gasteiger partial charge in [0.1, 0.15) is 5.75 Å². The SMILES string of the molecule is O=C(/C=C/c1ccccc1)Oc1ccc(Br)cc1/C=N\NC(=O)c1cccs1. The molecule has 3 rings (SSSR count). The van der Waals surface area contributed by atoms with Gasteiger partial charge in [0.2, 0.25) is 0 Å². The number of carbonyl (C=O) groups is 2. The third kappa shape index (κ3) is 5.73. The average Bonchev–Trinajstić information content (AvgIpc) is 3.24. The summed E-state index contributed by atoms with van der Waals surface area (Å²) in [6.45, 7) is 0. The Morgan fingerprint density at radius 3 is 2.64 bits per heavy atom. The van der Waals surface area contributed by atoms with Crippen molar-refractivity contribution in [1.29, 1.82) is 0 Å². The number of hydrogen-bond donors (Lipinski definition) is 1. The number of nitrogens with one attached hydrogen (secondary N) is 1. The fourth-order valence-corrected chi connectivity index (χ4v) is 3.20. The molecule has 1 heterocycles. The third-order valence-corrected chi connectivity index (χ3v) is 4.87. The lowest BCUT2D eigenvalue weighted by Gasteiger charge is -2.06. The fourth-order valence-electron chi connectivity index (χ4n) is 2.21. The summed E-state index contributed by atoms with van der Waals surface area (Å²) >= 11 is 4.70. The first-order valence-electron chi connectivity index (χ1n) is 8.23. The Balaban J connectivity index is 1.68. The molecular formula is C21H15BrN2O3S. The number of ether oxygens (including phenoxy) is 1. The van der Waals surface area contributed by atoms with Gasteiger partial charge in [-0.15, -0.1) is 11.3 Å². The smallest absolute Gasteiger partial charge is 0.336 e. The Kier molecular flexibility index (Phi) is 6.89. The Bertz CT molecular complexity index is 1020. The number of nitrogens with zero attached hydrogens (tertiary/aromatic N) is 1. The van der Waals surface area contributed by atoms with E-state index in [0.29, 0.717) is 16.2 Å². The van der Waals surface area contributed by atoms with E-state index in [1.807, 2.05) is 35.7 Å². The van der Waals surface area contributed by atoms with E-state index in [9.17, 15) is 9.59 Å². The van der Waals surface area contributed by atoms with Crippen molar-refractivity contribution in [1.82, 2.24) is 5.43 Å². The zero-order valence-electron chi connectivity index (χ0n) is 14.5. The molecule has 7 heteroatoms. The summed E-state index contributed by atoms with van der Waals surface area (Å²) in [5.41, 5.74) is 3.89. The Hall–Kier alpha value is -3.03. The van der Waals surface area contributed by atoms with Crippen LogP contribution in [0.2, 0.25) is 0 Å². The second-order valence-corrected chi connectivity index (χ2v) is 7.39. The standard InChI is InChI=1S/C21H15BrN2O3S/c22-17-9-10-18(27-20(25)11-8-15-5-2-1-3-6-15)16(13-17)14-23-24-21(26)19-7-4-12-28-19/h1-14H,(H,24,26)/b11-8+,23-14-. The number of hydrogen-bond acceptors (Lipinski definition) is 5. The molecule has 0 saturated heterocycles. The van der Waals surface area contributed by atoms with Crippen LogP contribution in [0, 0.1) is 0 Å². The van der Waals surface area contributed by atoms with Crippen LogP contribution in [0.4, 0.5) is 0 Å². The minimum atomic E-state index is -0.511. The third-order valence-electron chi connectivity index (χ3n) is 3.51. The summed E-state index contributed by atoms with van der Waals surface area (Å²) < 4.78 is 6.19. The number of rotatable bonds is 6. The van der Waals surface area contributed by atoms with Crippen LogP contribution in [0.25, 0.3) is 6.08 Å². The molecule has 5 nitrogen and oxygen atoms in total. The number of halogens is 1. The molecule has 1 amide bonds. The van der Waals surface area contributed by atoms with Crippen LogP contribution in [0.5, 0.6) is 5.75 Å². The average molecular weight is 455 g/mol. The Morgan fingerprint density at radius 1 is 1.07 bits per heavy atom. The maximum absolute atomic E-state index is 12.1. The van der Waals surface area contributed by atoms with Crippen LogP contribution in [0.15, 0.2) is 81.7 Å². The van der Waals surface area contributed by atoms with Crippen molar-refractivity contribution in [2.45, 2.75) is 0 Å². The number of thiophene rings is 1. The highest BCUT2D eigenvalue weighted by Crippen LogP contribution is 2.22. The minimum Gasteiger partial charge on any atom is -0.423 e. The molecule has 0 aliphatic heterocycles. The first-order valence-corrected chi connectivity index (χ1v) is 9.90. The number of esters is 1. The summed E-state index contributed by atoms with van der Waals surface area (Å²) in [6.07, 6.45) is 4.47. The lowest BCUT2D eigenvalue weighted by molar-refractivity contribution is -0.128. The molecule has 2 aromatic carbocycles. The van der Waals surface area contributed by atoms with Gasteiger partial charge in [-0.2, -0.15) is 5.10 Å². The molecule has 0 radical (unpaired) electrons. The maximum atomic E-state index is 12.1. The van der Waals surface area contributed by atoms with Gasteiger partial charge in [0.25, 0.3) is 5.91 Å². The van der Waals surface area contributed by atoms with Crippen LogP contribution < -0.4 is 10.2 Å². The van der Waals surface area contributed by atoms with Gasteiger partial charge in [0.05, 0.1) is 11.1 Å². The first-order chi connectivity index (χ1) is 13.6. The van der Waals surface area contributed by atoms with Crippen molar-refractivity contribution >= 4 is 51.4 Å². The van der Waals surface area contributed by atoms with Gasteiger partial charge in [0.15, 0.2) is 0 Å². The van der Waals surface area contributed by atoms with Gasteiger partial charge in [-0.05, 0) is 41.3 Å². The fraction of sp³-hybridized carbons (Fsp3) is 0. The Morgan fingerprint density at radius 2 is 1.89 bits per heavy atom. The lowest BCUT2D eigenvalue weighted by atomic mass is 10.2. The van der Waals surface area contributed by atoms with E-state index in [2.05, 4.69) is 26.5 Å². The number of amides is 1. The van der Waals surface area contributed by atoms with E-state index in [1.165, 1.54) is 23.6 Å². The van der Waals surface area contributed by atoms with Crippen LogP contribution in [0.3, 0.4) is 0 Å². The largest absolute Gasteiger partial charge is 0.423 e. The van der Waals surface area contributed by atoms with Gasteiger partial charge in [0, 0.05) is 16.1 Å². The molecule has 0 unspecified atom stereocenters. The highest BCUT2D eigenvalue weighted by Gasteiger charge is 2.08. The van der Waals surface area contributed by atoms with E-state index in [1.54, 1.807) is 36.4 Å². The molecule has 0 aliphatic carbocycles. The first kappa shape index (κ1) is 19.7. The van der Waals surface area contributed by atoms with E-state index in [-0.39, 0.29) is 5.91 Å². The molecule has 0 fully saturated rings. The predicted octanol–water partition coefficient (Wildman–Crippen LogP) is 4.89. The maximum Gasteiger partial charge on any atom is 0.336 e. The monoisotopic (exact) mass is 454 g/mol. The van der Waals surface area contributed by atoms with Crippen molar-refractivity contribution in [2.24, 2.45) is 5.10 Å². The van der Waals surface area contributed by atoms with Crippen LogP contribution in [0.1, 0.15) is 20.8 Å². The summed E-state index contributed by atoms with van der Waals surface area (Å²) in [5, 5.41) is 5.77. The molecule has 0 aliphatic rings. The van der Waals surface area contributed by atoms with Crippen molar-refractivity contribution in [2.75, 3.05) is 0 Å². The molecular weight excluding hydrogens is 440 g/mol. The quantitative estimate of drug-likeness (QED) is 0.189. The van der Waals surface area contributed by atoms with Gasteiger partial charge < -0.3 is 4.74 Å². The van der Waals surface area contributed by atoms with Gasteiger partial charge in [-0.3, -0.25) is 4.79 Å². The zero-order chi connectivity index (χ0) is 19.8. The topological polar surface area (TPSA) is 67.8 Å². The minimum absolute atomic E-state index is 0.300. The van der Waals surface area contributed by atoms with Crippen LogP contribution in [-0.2, 0) is 4.79 Å². The molecule has 0 saturated carbocycles. The number of carbonyl (C=O) groups excluding carboxylic acids is 2. The second-order valence-electron chi connectivity index (χ2n) is 5.52. The molecule has 28 heavy (non-hydrogen) atoms. The molecule has 0 atom stereocenters. The predicted molar refractivity (Wildman–Crippen MR) is 115 cm³/mol. The normalized spacial score (nSPS) is 11.0. The van der Waals surface area contributed by atoms with Crippen molar-refractivity contribution < 1.29 is 14.3 Å². The van der Waals surface area contributed by atoms with E-state index in [0.717, 1.165) is 10.0 Å². The van der Waals surface area contributed by atoms with Gasteiger partial charge >= 0.3 is 5.97 Å². The number of hydrazone groups is 1. The summed E-state index contributed by atoms with van der Waals surface area (Å²) in [4.78, 5) is 24.6. The highest BCUT2D eigenvalue weighted by molar-refractivity contribution is 9.10. The zero-order valence-corrected chi connectivity index (χ0v) is 16.9. The van der Waals surface area contributed by atoms with Gasteiger partial charge in [-0.1, -0.05) is 52.3 Å². The highest BCUT2D eigenvalue weighted by atomic mass is 79.9. The molecule has 140 valence electrons. The van der Waals surface area contributed by atoms with Crippen LogP contribution >= 0.6 is 27.3 Å². The van der Waals surface area contributed by atoms with Crippen molar-refractivity contribution in [3.05, 3.63) is 92.6 Å². The van der Waals surface area contributed by atoms with Gasteiger partial charge in [-0.25, -0.2) is 10.2 Å².